The highest BCUT2D eigenvalue weighted by Crippen LogP contribution is 2.20. The molecule has 0 fully saturated rings. The summed E-state index contributed by atoms with van der Waals surface area (Å²) in [6.45, 7) is 2.15. The van der Waals surface area contributed by atoms with Crippen molar-refractivity contribution >= 4 is 5.82 Å². The van der Waals surface area contributed by atoms with Crippen LogP contribution in [0.2, 0.25) is 0 Å². The minimum absolute atomic E-state index is 0.562. The van der Waals surface area contributed by atoms with Gasteiger partial charge in [0, 0.05) is 6.20 Å². The summed E-state index contributed by atoms with van der Waals surface area (Å²) in [7, 11) is 0. The van der Waals surface area contributed by atoms with Crippen molar-refractivity contribution in [1.29, 1.82) is 0 Å². The zero-order valence-electron chi connectivity index (χ0n) is 8.77. The standard InChI is InChI=1S/C13H14N2/c1-2-10-3-5-11(6-4-10)12-7-8-15-13(14)9-12/h3-9H,2H2,1H3,(H2,14,15). The second-order valence-corrected chi connectivity index (χ2v) is 3.52. The lowest BCUT2D eigenvalue weighted by Crippen LogP contribution is -1.89. The van der Waals surface area contributed by atoms with Gasteiger partial charge in [-0.15, -0.1) is 0 Å². The van der Waals surface area contributed by atoms with Gasteiger partial charge in [-0.05, 0) is 35.2 Å². The molecule has 76 valence electrons. The molecule has 0 atom stereocenters. The average molecular weight is 198 g/mol. The number of hydrogen-bond donors (Lipinski definition) is 1. The van der Waals surface area contributed by atoms with Crippen LogP contribution in [-0.2, 0) is 6.42 Å². The Morgan fingerprint density at radius 3 is 2.40 bits per heavy atom. The normalized spacial score (nSPS) is 10.2. The number of aromatic nitrogens is 1. The Balaban J connectivity index is 2.37. The van der Waals surface area contributed by atoms with Crippen LogP contribution in [0.25, 0.3) is 11.1 Å². The summed E-state index contributed by atoms with van der Waals surface area (Å²) in [5, 5.41) is 0. The van der Waals surface area contributed by atoms with Gasteiger partial charge < -0.3 is 5.73 Å². The van der Waals surface area contributed by atoms with Crippen LogP contribution in [0.1, 0.15) is 12.5 Å². The van der Waals surface area contributed by atoms with Gasteiger partial charge >= 0.3 is 0 Å². The molecule has 0 saturated heterocycles. The maximum Gasteiger partial charge on any atom is 0.123 e. The number of hydrogen-bond acceptors (Lipinski definition) is 2. The molecule has 0 saturated carbocycles. The fourth-order valence-corrected chi connectivity index (χ4v) is 1.56. The Morgan fingerprint density at radius 2 is 1.80 bits per heavy atom. The van der Waals surface area contributed by atoms with Crippen molar-refractivity contribution in [3.05, 3.63) is 48.2 Å². The molecule has 1 aromatic heterocycles. The van der Waals surface area contributed by atoms with Gasteiger partial charge in [0.25, 0.3) is 0 Å². The molecule has 0 radical (unpaired) electrons. The number of anilines is 1. The summed E-state index contributed by atoms with van der Waals surface area (Å²) in [4.78, 5) is 3.98. The minimum Gasteiger partial charge on any atom is -0.384 e. The molecule has 0 aliphatic heterocycles. The van der Waals surface area contributed by atoms with E-state index >= 15 is 0 Å². The molecule has 2 N–H and O–H groups in total. The van der Waals surface area contributed by atoms with Crippen LogP contribution in [-0.4, -0.2) is 4.98 Å². The molecule has 2 rings (SSSR count). The van der Waals surface area contributed by atoms with Crippen LogP contribution in [0.4, 0.5) is 5.82 Å². The van der Waals surface area contributed by atoms with E-state index in [-0.39, 0.29) is 0 Å². The second-order valence-electron chi connectivity index (χ2n) is 3.52. The van der Waals surface area contributed by atoms with Crippen molar-refractivity contribution in [2.75, 3.05) is 5.73 Å². The van der Waals surface area contributed by atoms with Crippen LogP contribution in [0.5, 0.6) is 0 Å². The first-order valence-electron chi connectivity index (χ1n) is 5.10. The monoisotopic (exact) mass is 198 g/mol. The zero-order valence-corrected chi connectivity index (χ0v) is 8.77. The van der Waals surface area contributed by atoms with E-state index in [9.17, 15) is 0 Å². The van der Waals surface area contributed by atoms with E-state index in [0.29, 0.717) is 5.82 Å². The topological polar surface area (TPSA) is 38.9 Å². The summed E-state index contributed by atoms with van der Waals surface area (Å²) in [6.07, 6.45) is 2.80. The minimum atomic E-state index is 0.562. The number of aryl methyl sites for hydroxylation is 1. The van der Waals surface area contributed by atoms with E-state index in [1.807, 2.05) is 12.1 Å². The van der Waals surface area contributed by atoms with Crippen LogP contribution >= 0.6 is 0 Å². The first-order valence-corrected chi connectivity index (χ1v) is 5.10. The summed E-state index contributed by atoms with van der Waals surface area (Å²) < 4.78 is 0. The third-order valence-corrected chi connectivity index (χ3v) is 2.48. The molecule has 1 aromatic carbocycles. The molecule has 0 spiro atoms. The second kappa shape index (κ2) is 4.13. The molecule has 0 aliphatic carbocycles. The summed E-state index contributed by atoms with van der Waals surface area (Å²) >= 11 is 0. The lowest BCUT2D eigenvalue weighted by atomic mass is 10.0. The predicted octanol–water partition coefficient (Wildman–Crippen LogP) is 2.89. The van der Waals surface area contributed by atoms with Crippen molar-refractivity contribution in [3.8, 4) is 11.1 Å². The SMILES string of the molecule is CCc1ccc(-c2ccnc(N)c2)cc1. The van der Waals surface area contributed by atoms with E-state index < -0.39 is 0 Å². The molecule has 0 bridgehead atoms. The van der Waals surface area contributed by atoms with Gasteiger partial charge in [-0.25, -0.2) is 4.98 Å². The summed E-state index contributed by atoms with van der Waals surface area (Å²) in [6, 6.07) is 12.4. The van der Waals surface area contributed by atoms with E-state index in [0.717, 1.165) is 12.0 Å². The first kappa shape index (κ1) is 9.71. The van der Waals surface area contributed by atoms with Crippen LogP contribution in [0.15, 0.2) is 42.6 Å². The number of pyridine rings is 1. The molecule has 0 aliphatic rings. The molecule has 1 heterocycles. The Kier molecular flexibility index (Phi) is 2.68. The Hall–Kier alpha value is -1.83. The van der Waals surface area contributed by atoms with Crippen LogP contribution < -0.4 is 5.73 Å². The molecule has 15 heavy (non-hydrogen) atoms. The number of benzene rings is 1. The van der Waals surface area contributed by atoms with Crippen LogP contribution in [0, 0.1) is 0 Å². The van der Waals surface area contributed by atoms with E-state index in [1.54, 1.807) is 6.20 Å². The zero-order chi connectivity index (χ0) is 10.7. The van der Waals surface area contributed by atoms with Crippen molar-refractivity contribution in [1.82, 2.24) is 4.98 Å². The highest BCUT2D eigenvalue weighted by Gasteiger charge is 1.98. The van der Waals surface area contributed by atoms with Gasteiger partial charge in [-0.3, -0.25) is 0 Å². The van der Waals surface area contributed by atoms with E-state index in [1.165, 1.54) is 11.1 Å². The fourth-order valence-electron chi connectivity index (χ4n) is 1.56. The van der Waals surface area contributed by atoms with Gasteiger partial charge in [0.2, 0.25) is 0 Å². The molecule has 2 aromatic rings. The van der Waals surface area contributed by atoms with Crippen molar-refractivity contribution < 1.29 is 0 Å². The number of nitrogens with two attached hydrogens (primary N) is 1. The molecule has 0 unspecified atom stereocenters. The van der Waals surface area contributed by atoms with Gasteiger partial charge in [0.1, 0.15) is 5.82 Å². The van der Waals surface area contributed by atoms with Crippen molar-refractivity contribution in [2.24, 2.45) is 0 Å². The molecular formula is C13H14N2. The third-order valence-electron chi connectivity index (χ3n) is 2.48. The Bertz CT molecular complexity index is 446. The first-order chi connectivity index (χ1) is 7.29. The summed E-state index contributed by atoms with van der Waals surface area (Å²) in [5.41, 5.74) is 9.29. The van der Waals surface area contributed by atoms with Crippen molar-refractivity contribution in [3.63, 3.8) is 0 Å². The van der Waals surface area contributed by atoms with Gasteiger partial charge in [0.05, 0.1) is 0 Å². The molecule has 2 heteroatoms. The van der Waals surface area contributed by atoms with E-state index in [2.05, 4.69) is 36.2 Å². The third kappa shape index (κ3) is 2.15. The van der Waals surface area contributed by atoms with Gasteiger partial charge in [0.15, 0.2) is 0 Å². The molecule has 0 amide bonds. The Morgan fingerprint density at radius 1 is 1.07 bits per heavy atom. The summed E-state index contributed by atoms with van der Waals surface area (Å²) in [5.74, 6) is 0.562. The smallest absolute Gasteiger partial charge is 0.123 e. The van der Waals surface area contributed by atoms with Gasteiger partial charge in [-0.1, -0.05) is 31.2 Å². The lowest BCUT2D eigenvalue weighted by molar-refractivity contribution is 1.14. The van der Waals surface area contributed by atoms with Crippen LogP contribution in [0.3, 0.4) is 0 Å². The number of nitrogens with zero attached hydrogens (tertiary/aromatic N) is 1. The highest BCUT2D eigenvalue weighted by molar-refractivity contribution is 5.65. The number of nitrogen functional groups attached to an aromatic ring is 1. The lowest BCUT2D eigenvalue weighted by Gasteiger charge is -2.03. The Labute approximate surface area is 89.8 Å². The largest absolute Gasteiger partial charge is 0.384 e. The number of rotatable bonds is 2. The quantitative estimate of drug-likeness (QED) is 0.805. The highest BCUT2D eigenvalue weighted by atomic mass is 14.8. The van der Waals surface area contributed by atoms with Gasteiger partial charge in [-0.2, -0.15) is 0 Å². The predicted molar refractivity (Wildman–Crippen MR) is 63.5 cm³/mol. The molecule has 2 nitrogen and oxygen atoms in total. The van der Waals surface area contributed by atoms with E-state index in [4.69, 9.17) is 5.73 Å². The van der Waals surface area contributed by atoms with Crippen molar-refractivity contribution in [2.45, 2.75) is 13.3 Å². The fraction of sp³-hybridized carbons (Fsp3) is 0.154. The maximum atomic E-state index is 5.64. The average Bonchev–Trinajstić information content (AvgIpc) is 2.29. The maximum absolute atomic E-state index is 5.64. The molecular weight excluding hydrogens is 184 g/mol.